The van der Waals surface area contributed by atoms with E-state index in [0.29, 0.717) is 6.54 Å². The van der Waals surface area contributed by atoms with Gasteiger partial charge in [-0.15, -0.1) is 26.6 Å². The molecule has 0 aliphatic rings. The van der Waals surface area contributed by atoms with Gasteiger partial charge in [-0.05, 0) is 42.0 Å². The van der Waals surface area contributed by atoms with E-state index in [0.717, 1.165) is 26.5 Å². The van der Waals surface area contributed by atoms with Crippen LogP contribution in [0.3, 0.4) is 0 Å². The topological polar surface area (TPSA) is 78.6 Å². The van der Waals surface area contributed by atoms with Crippen LogP contribution in [0.15, 0.2) is 29.4 Å². The molecule has 0 radical (unpaired) electrons. The largest absolute Gasteiger partial charge is 0.497 e. The van der Waals surface area contributed by atoms with Crippen molar-refractivity contribution in [2.75, 3.05) is 7.11 Å². The molecular formula is C14H16N6OS2. The molecule has 1 atom stereocenters. The average molecular weight is 348 g/mol. The number of benzene rings is 1. The summed E-state index contributed by atoms with van der Waals surface area (Å²) >= 11 is 3.18. The van der Waals surface area contributed by atoms with Gasteiger partial charge in [0.25, 0.3) is 0 Å². The Labute approximate surface area is 142 Å². The van der Waals surface area contributed by atoms with Gasteiger partial charge in [-0.25, -0.2) is 4.68 Å². The predicted octanol–water partition coefficient (Wildman–Crippen LogP) is 2.74. The minimum atomic E-state index is 0.154. The van der Waals surface area contributed by atoms with Crippen LogP contribution in [-0.4, -0.2) is 37.5 Å². The quantitative estimate of drug-likeness (QED) is 0.634. The summed E-state index contributed by atoms with van der Waals surface area (Å²) in [6.45, 7) is 4.64. The molecule has 0 saturated heterocycles. The highest BCUT2D eigenvalue weighted by Gasteiger charge is 2.17. The van der Waals surface area contributed by atoms with E-state index in [1.807, 2.05) is 31.2 Å². The second-order valence-corrected chi connectivity index (χ2v) is 7.41. The zero-order chi connectivity index (χ0) is 16.2. The van der Waals surface area contributed by atoms with Crippen molar-refractivity contribution in [3.63, 3.8) is 0 Å². The number of nitrogens with zero attached hydrogens (tertiary/aromatic N) is 6. The third kappa shape index (κ3) is 3.85. The minimum absolute atomic E-state index is 0.154. The third-order valence-corrected chi connectivity index (χ3v) is 5.41. The van der Waals surface area contributed by atoms with Crippen molar-refractivity contribution in [1.29, 1.82) is 0 Å². The van der Waals surface area contributed by atoms with Gasteiger partial charge in [0.05, 0.1) is 18.9 Å². The second kappa shape index (κ2) is 7.05. The van der Waals surface area contributed by atoms with E-state index in [1.54, 1.807) is 34.9 Å². The summed E-state index contributed by atoms with van der Waals surface area (Å²) in [5.41, 5.74) is 1.11. The summed E-state index contributed by atoms with van der Waals surface area (Å²) in [5, 5.41) is 23.1. The standard InChI is InChI=1S/C14H16N6OS2/c1-9(13-16-15-10(2)23-13)22-14-17-18-19-20(14)8-11-4-6-12(21-3)7-5-11/h4-7,9H,8H2,1-3H3/t9-/m1/s1. The first-order valence-corrected chi connectivity index (χ1v) is 8.71. The summed E-state index contributed by atoms with van der Waals surface area (Å²) in [6.07, 6.45) is 0. The highest BCUT2D eigenvalue weighted by atomic mass is 32.2. The SMILES string of the molecule is COc1ccc(Cn2nnnc2S[C@H](C)c2nnc(C)s2)cc1. The molecule has 0 amide bonds. The fraction of sp³-hybridized carbons (Fsp3) is 0.357. The summed E-state index contributed by atoms with van der Waals surface area (Å²) in [5.74, 6) is 0.834. The maximum atomic E-state index is 5.17. The van der Waals surface area contributed by atoms with Crippen LogP contribution in [0.25, 0.3) is 0 Å². The van der Waals surface area contributed by atoms with Gasteiger partial charge in [0.1, 0.15) is 15.8 Å². The Kier molecular flexibility index (Phi) is 4.87. The van der Waals surface area contributed by atoms with Gasteiger partial charge in [0.15, 0.2) is 0 Å². The van der Waals surface area contributed by atoms with Gasteiger partial charge < -0.3 is 4.74 Å². The van der Waals surface area contributed by atoms with Gasteiger partial charge in [-0.2, -0.15) is 0 Å². The van der Waals surface area contributed by atoms with Crippen LogP contribution in [0.1, 0.15) is 27.8 Å². The van der Waals surface area contributed by atoms with Gasteiger partial charge in [0, 0.05) is 0 Å². The predicted molar refractivity (Wildman–Crippen MR) is 88.8 cm³/mol. The maximum Gasteiger partial charge on any atom is 0.210 e. The van der Waals surface area contributed by atoms with Crippen molar-refractivity contribution >= 4 is 23.1 Å². The highest BCUT2D eigenvalue weighted by Crippen LogP contribution is 2.34. The Morgan fingerprint density at radius 3 is 2.65 bits per heavy atom. The van der Waals surface area contributed by atoms with Gasteiger partial charge in [0.2, 0.25) is 5.16 Å². The molecule has 0 aliphatic heterocycles. The van der Waals surface area contributed by atoms with Crippen LogP contribution in [0, 0.1) is 6.92 Å². The van der Waals surface area contributed by atoms with Crippen LogP contribution in [0.2, 0.25) is 0 Å². The molecule has 0 unspecified atom stereocenters. The molecule has 2 aromatic heterocycles. The molecule has 7 nitrogen and oxygen atoms in total. The molecule has 9 heteroatoms. The van der Waals surface area contributed by atoms with E-state index in [2.05, 4.69) is 32.6 Å². The molecule has 2 heterocycles. The summed E-state index contributed by atoms with van der Waals surface area (Å²) in [7, 11) is 1.65. The molecule has 0 spiro atoms. The molecule has 120 valence electrons. The number of aromatic nitrogens is 6. The van der Waals surface area contributed by atoms with E-state index in [-0.39, 0.29) is 5.25 Å². The third-order valence-electron chi connectivity index (χ3n) is 3.16. The first kappa shape index (κ1) is 15.9. The van der Waals surface area contributed by atoms with Crippen molar-refractivity contribution < 1.29 is 4.74 Å². The van der Waals surface area contributed by atoms with E-state index >= 15 is 0 Å². The summed E-state index contributed by atoms with van der Waals surface area (Å²) in [4.78, 5) is 0. The molecule has 0 N–H and O–H groups in total. The molecule has 0 saturated carbocycles. The maximum absolute atomic E-state index is 5.17. The normalized spacial score (nSPS) is 12.3. The summed E-state index contributed by atoms with van der Waals surface area (Å²) in [6, 6.07) is 7.87. The van der Waals surface area contributed by atoms with Gasteiger partial charge >= 0.3 is 0 Å². The lowest BCUT2D eigenvalue weighted by atomic mass is 10.2. The Hall–Kier alpha value is -2.00. The fourth-order valence-corrected chi connectivity index (χ4v) is 3.66. The Morgan fingerprint density at radius 1 is 1.22 bits per heavy atom. The molecule has 1 aromatic carbocycles. The lowest BCUT2D eigenvalue weighted by molar-refractivity contribution is 0.414. The van der Waals surface area contributed by atoms with Crippen LogP contribution in [0.5, 0.6) is 5.75 Å². The zero-order valence-corrected chi connectivity index (χ0v) is 14.6. The monoisotopic (exact) mass is 348 g/mol. The van der Waals surface area contributed by atoms with E-state index < -0.39 is 0 Å². The summed E-state index contributed by atoms with van der Waals surface area (Å²) < 4.78 is 6.96. The number of ether oxygens (including phenoxy) is 1. The first-order valence-electron chi connectivity index (χ1n) is 7.01. The molecular weight excluding hydrogens is 332 g/mol. The molecule has 3 aromatic rings. The number of hydrogen-bond acceptors (Lipinski definition) is 8. The fourth-order valence-electron chi connectivity index (χ4n) is 1.97. The van der Waals surface area contributed by atoms with Crippen molar-refractivity contribution in [3.8, 4) is 5.75 Å². The van der Waals surface area contributed by atoms with E-state index in [4.69, 9.17) is 4.74 Å². The highest BCUT2D eigenvalue weighted by molar-refractivity contribution is 7.99. The van der Waals surface area contributed by atoms with Crippen molar-refractivity contribution in [3.05, 3.63) is 39.8 Å². The number of tetrazole rings is 1. The molecule has 0 fully saturated rings. The van der Waals surface area contributed by atoms with E-state index in [1.165, 1.54) is 0 Å². The lowest BCUT2D eigenvalue weighted by Crippen LogP contribution is -2.04. The first-order chi connectivity index (χ1) is 11.2. The van der Waals surface area contributed by atoms with Crippen LogP contribution >= 0.6 is 23.1 Å². The number of rotatable bonds is 6. The molecule has 0 bridgehead atoms. The Morgan fingerprint density at radius 2 is 2.00 bits per heavy atom. The molecule has 3 rings (SSSR count). The molecule has 0 aliphatic carbocycles. The van der Waals surface area contributed by atoms with Crippen LogP contribution in [0.4, 0.5) is 0 Å². The second-order valence-electron chi connectivity index (χ2n) is 4.89. The number of methoxy groups -OCH3 is 1. The smallest absolute Gasteiger partial charge is 0.210 e. The number of hydrogen-bond donors (Lipinski definition) is 0. The number of aryl methyl sites for hydroxylation is 1. The average Bonchev–Trinajstić information content (AvgIpc) is 3.17. The molecule has 23 heavy (non-hydrogen) atoms. The minimum Gasteiger partial charge on any atom is -0.497 e. The van der Waals surface area contributed by atoms with Crippen molar-refractivity contribution in [2.24, 2.45) is 0 Å². The number of thioether (sulfide) groups is 1. The zero-order valence-electron chi connectivity index (χ0n) is 13.0. The van der Waals surface area contributed by atoms with E-state index in [9.17, 15) is 0 Å². The Balaban J connectivity index is 1.71. The van der Waals surface area contributed by atoms with Crippen LogP contribution in [-0.2, 0) is 6.54 Å². The van der Waals surface area contributed by atoms with Crippen molar-refractivity contribution in [1.82, 2.24) is 30.4 Å². The van der Waals surface area contributed by atoms with Crippen LogP contribution < -0.4 is 4.74 Å². The lowest BCUT2D eigenvalue weighted by Gasteiger charge is -2.08. The Bertz CT molecular complexity index is 770. The van der Waals surface area contributed by atoms with Gasteiger partial charge in [-0.1, -0.05) is 23.9 Å². The van der Waals surface area contributed by atoms with Gasteiger partial charge in [-0.3, -0.25) is 0 Å². The van der Waals surface area contributed by atoms with Crippen molar-refractivity contribution in [2.45, 2.75) is 30.8 Å².